The molecule has 70 valence electrons. The van der Waals surface area contributed by atoms with Gasteiger partial charge in [-0.2, -0.15) is 0 Å². The van der Waals surface area contributed by atoms with Gasteiger partial charge in [0.15, 0.2) is 5.82 Å². The van der Waals surface area contributed by atoms with Crippen LogP contribution in [-0.2, 0) is 6.54 Å². The molecule has 0 bridgehead atoms. The topological polar surface area (TPSA) is 42.5 Å². The van der Waals surface area contributed by atoms with Crippen LogP contribution in [0, 0.1) is 0 Å². The molecule has 4 heteroatoms. The van der Waals surface area contributed by atoms with Crippen molar-refractivity contribution < 1.29 is 0 Å². The third-order valence-electron chi connectivity index (χ3n) is 1.70. The van der Waals surface area contributed by atoms with Crippen molar-refractivity contribution in [3.05, 3.63) is 12.0 Å². The summed E-state index contributed by atoms with van der Waals surface area (Å²) in [6.45, 7) is 6.54. The molecule has 1 aromatic heterocycles. The molecule has 4 nitrogen and oxygen atoms in total. The van der Waals surface area contributed by atoms with Crippen LogP contribution >= 0.6 is 0 Å². The third-order valence-corrected chi connectivity index (χ3v) is 1.70. The van der Waals surface area contributed by atoms with Crippen LogP contribution in [0.25, 0.3) is 0 Å². The maximum Gasteiger partial charge on any atom is 0.160 e. The molecule has 0 atom stereocenters. The van der Waals surface area contributed by atoms with E-state index in [1.54, 1.807) is 19.6 Å². The minimum atomic E-state index is 0.783. The van der Waals surface area contributed by atoms with E-state index in [1.807, 2.05) is 4.57 Å². The number of hydrogen-bond acceptors (Lipinski definition) is 3. The monoisotopic (exact) mass is 178 g/mol. The first-order valence-corrected chi connectivity index (χ1v) is 4.27. The lowest BCUT2D eigenvalue weighted by molar-refractivity contribution is 0.682. The summed E-state index contributed by atoms with van der Waals surface area (Å²) < 4.78 is 1.98. The van der Waals surface area contributed by atoms with Gasteiger partial charge in [0.25, 0.3) is 0 Å². The highest BCUT2D eigenvalue weighted by atomic mass is 15.1. The van der Waals surface area contributed by atoms with E-state index >= 15 is 0 Å². The van der Waals surface area contributed by atoms with E-state index in [0.717, 1.165) is 24.5 Å². The molecular formula is C9H14N4. The molecule has 0 aliphatic carbocycles. The van der Waals surface area contributed by atoms with E-state index in [4.69, 9.17) is 0 Å². The zero-order chi connectivity index (χ0) is 9.68. The molecule has 1 aromatic rings. The van der Waals surface area contributed by atoms with Crippen LogP contribution < -0.4 is 0 Å². The number of aryl methyl sites for hydroxylation is 1. The summed E-state index contributed by atoms with van der Waals surface area (Å²) in [5.74, 6) is 0.799. The van der Waals surface area contributed by atoms with Crippen molar-refractivity contribution in [1.29, 1.82) is 0 Å². The van der Waals surface area contributed by atoms with Crippen LogP contribution in [0.15, 0.2) is 16.3 Å². The molecule has 0 aromatic carbocycles. The summed E-state index contributed by atoms with van der Waals surface area (Å²) >= 11 is 0. The van der Waals surface area contributed by atoms with Gasteiger partial charge in [-0.05, 0) is 13.1 Å². The highest BCUT2D eigenvalue weighted by Crippen LogP contribution is 2.15. The lowest BCUT2D eigenvalue weighted by Crippen LogP contribution is -1.93. The number of rotatable bonds is 4. The fourth-order valence-corrected chi connectivity index (χ4v) is 1.18. The highest BCUT2D eigenvalue weighted by Gasteiger charge is 2.05. The van der Waals surface area contributed by atoms with E-state index in [0.29, 0.717) is 0 Å². The Morgan fingerprint density at radius 1 is 1.69 bits per heavy atom. The number of imidazole rings is 1. The van der Waals surface area contributed by atoms with Crippen LogP contribution in [0.1, 0.15) is 19.0 Å². The summed E-state index contributed by atoms with van der Waals surface area (Å²) in [6, 6.07) is 0. The Morgan fingerprint density at radius 2 is 2.46 bits per heavy atom. The Balaban J connectivity index is 3.02. The molecule has 0 amide bonds. The van der Waals surface area contributed by atoms with Gasteiger partial charge in [-0.25, -0.2) is 9.98 Å². The molecule has 0 saturated heterocycles. The van der Waals surface area contributed by atoms with Crippen LogP contribution in [0.3, 0.4) is 0 Å². The zero-order valence-electron chi connectivity index (χ0n) is 8.06. The molecule has 1 heterocycles. The van der Waals surface area contributed by atoms with Crippen molar-refractivity contribution in [2.75, 3.05) is 7.05 Å². The summed E-state index contributed by atoms with van der Waals surface area (Å²) in [4.78, 5) is 12.0. The summed E-state index contributed by atoms with van der Waals surface area (Å²) in [6.07, 6.45) is 4.52. The summed E-state index contributed by atoms with van der Waals surface area (Å²) in [5, 5.41) is 0. The second kappa shape index (κ2) is 4.54. The standard InChI is InChI=1S/C9H14N4/c1-4-5-13-7-12-8(6-10-2)9(13)11-3/h6-7H,3-5H2,1-2H3/b10-6-. The molecule has 0 fully saturated rings. The molecule has 0 aliphatic rings. The largest absolute Gasteiger partial charge is 0.315 e. The lowest BCUT2D eigenvalue weighted by atomic mass is 10.4. The highest BCUT2D eigenvalue weighted by molar-refractivity contribution is 5.83. The first-order chi connectivity index (χ1) is 6.33. The summed E-state index contributed by atoms with van der Waals surface area (Å²) in [7, 11) is 1.71. The molecule has 0 unspecified atom stereocenters. The van der Waals surface area contributed by atoms with Gasteiger partial charge in [-0.3, -0.25) is 4.99 Å². The van der Waals surface area contributed by atoms with Crippen molar-refractivity contribution in [3.63, 3.8) is 0 Å². The molecule has 1 rings (SSSR count). The lowest BCUT2D eigenvalue weighted by Gasteiger charge is -2.00. The minimum Gasteiger partial charge on any atom is -0.315 e. The smallest absolute Gasteiger partial charge is 0.160 e. The van der Waals surface area contributed by atoms with Gasteiger partial charge in [0, 0.05) is 13.6 Å². The van der Waals surface area contributed by atoms with E-state index in [9.17, 15) is 0 Å². The van der Waals surface area contributed by atoms with Crippen molar-refractivity contribution in [2.45, 2.75) is 19.9 Å². The maximum atomic E-state index is 4.18. The quantitative estimate of drug-likeness (QED) is 0.647. The van der Waals surface area contributed by atoms with E-state index in [1.165, 1.54) is 0 Å². The van der Waals surface area contributed by atoms with Crippen molar-refractivity contribution >= 4 is 18.7 Å². The molecular weight excluding hydrogens is 164 g/mol. The minimum absolute atomic E-state index is 0.783. The maximum absolute atomic E-state index is 4.18. The first-order valence-electron chi connectivity index (χ1n) is 4.27. The van der Waals surface area contributed by atoms with Crippen molar-refractivity contribution in [2.24, 2.45) is 9.98 Å². The Labute approximate surface area is 78.1 Å². The Morgan fingerprint density at radius 3 is 3.00 bits per heavy atom. The molecule has 0 spiro atoms. The normalized spacial score (nSPS) is 10.9. The van der Waals surface area contributed by atoms with Crippen LogP contribution in [-0.4, -0.2) is 29.5 Å². The van der Waals surface area contributed by atoms with Gasteiger partial charge < -0.3 is 4.57 Å². The van der Waals surface area contributed by atoms with Gasteiger partial charge in [-0.15, -0.1) is 0 Å². The van der Waals surface area contributed by atoms with Crippen molar-refractivity contribution in [1.82, 2.24) is 9.55 Å². The van der Waals surface area contributed by atoms with Gasteiger partial charge >= 0.3 is 0 Å². The number of nitrogens with zero attached hydrogens (tertiary/aromatic N) is 4. The van der Waals surface area contributed by atoms with Gasteiger partial charge in [0.2, 0.25) is 0 Å². The third kappa shape index (κ3) is 2.02. The number of aliphatic imine (C=N–C) groups is 2. The van der Waals surface area contributed by atoms with Crippen LogP contribution in [0.2, 0.25) is 0 Å². The first kappa shape index (κ1) is 9.64. The van der Waals surface area contributed by atoms with E-state index < -0.39 is 0 Å². The fraction of sp³-hybridized carbons (Fsp3) is 0.444. The Hall–Kier alpha value is -1.45. The predicted molar refractivity (Wildman–Crippen MR) is 55.2 cm³/mol. The molecule has 0 saturated carbocycles. The zero-order valence-corrected chi connectivity index (χ0v) is 8.06. The fourth-order valence-electron chi connectivity index (χ4n) is 1.18. The molecule has 13 heavy (non-hydrogen) atoms. The van der Waals surface area contributed by atoms with Gasteiger partial charge in [-0.1, -0.05) is 6.92 Å². The SMILES string of the molecule is C=Nc1c(/C=N\C)ncn1CCC. The molecule has 0 aliphatic heterocycles. The Bertz CT molecular complexity index is 311. The number of aromatic nitrogens is 2. The second-order valence-electron chi connectivity index (χ2n) is 2.69. The van der Waals surface area contributed by atoms with E-state index in [-0.39, 0.29) is 0 Å². The average molecular weight is 178 g/mol. The van der Waals surface area contributed by atoms with Gasteiger partial charge in [0.1, 0.15) is 5.69 Å². The predicted octanol–water partition coefficient (Wildman–Crippen LogP) is 1.67. The van der Waals surface area contributed by atoms with Crippen molar-refractivity contribution in [3.8, 4) is 0 Å². The van der Waals surface area contributed by atoms with Crippen LogP contribution in [0.4, 0.5) is 5.82 Å². The number of hydrogen-bond donors (Lipinski definition) is 0. The van der Waals surface area contributed by atoms with Crippen LogP contribution in [0.5, 0.6) is 0 Å². The average Bonchev–Trinajstić information content (AvgIpc) is 2.49. The molecule has 0 N–H and O–H groups in total. The summed E-state index contributed by atoms with van der Waals surface area (Å²) in [5.41, 5.74) is 0.783. The molecule has 0 radical (unpaired) electrons. The van der Waals surface area contributed by atoms with E-state index in [2.05, 4.69) is 28.6 Å². The van der Waals surface area contributed by atoms with Gasteiger partial charge in [0.05, 0.1) is 12.5 Å². The Kier molecular flexibility index (Phi) is 3.37. The second-order valence-corrected chi connectivity index (χ2v) is 2.69.